The summed E-state index contributed by atoms with van der Waals surface area (Å²) in [5.74, 6) is 0. The molecule has 0 radical (unpaired) electrons. The maximum atomic E-state index is 12.2. The summed E-state index contributed by atoms with van der Waals surface area (Å²) in [6.07, 6.45) is 0.866. The van der Waals surface area contributed by atoms with Crippen molar-refractivity contribution < 1.29 is 19.7 Å². The van der Waals surface area contributed by atoms with Crippen molar-refractivity contribution in [1.29, 1.82) is 0 Å². The average molecular weight is 360 g/mol. The van der Waals surface area contributed by atoms with Crippen LogP contribution in [-0.2, 0) is 9.47 Å². The Balaban J connectivity index is 1.97. The van der Waals surface area contributed by atoms with Gasteiger partial charge < -0.3 is 19.7 Å². The third-order valence-electron chi connectivity index (χ3n) is 4.29. The van der Waals surface area contributed by atoms with E-state index in [9.17, 15) is 19.8 Å². The lowest BCUT2D eigenvalue weighted by Gasteiger charge is -2.20. The standard InChI is InChI=1S/C18H20N2O6/c1-25-15-14(22)13(10-21)26-17(15)20-9-12(16(23)19-18(20)24)8-7-11-5-3-2-4-6-11/h2-9,13-15,17,21-22H,10H2,1H3,(H,19,23,24)/b8-7+/t13-,14-,15-,17-/m1/s1. The van der Waals surface area contributed by atoms with Gasteiger partial charge >= 0.3 is 5.69 Å². The van der Waals surface area contributed by atoms with E-state index < -0.39 is 42.4 Å². The summed E-state index contributed by atoms with van der Waals surface area (Å²) in [5.41, 5.74) is -0.0875. The van der Waals surface area contributed by atoms with Gasteiger partial charge in [-0.2, -0.15) is 0 Å². The lowest BCUT2D eigenvalue weighted by Crippen LogP contribution is -2.39. The predicted octanol–water partition coefficient (Wildman–Crippen LogP) is -0.0274. The molecule has 0 aliphatic carbocycles. The normalized spacial score (nSPS) is 25.8. The van der Waals surface area contributed by atoms with Crippen LogP contribution in [0.5, 0.6) is 0 Å². The lowest BCUT2D eigenvalue weighted by molar-refractivity contribution is -0.0625. The molecule has 4 atom stereocenters. The molecule has 1 aromatic heterocycles. The van der Waals surface area contributed by atoms with Gasteiger partial charge in [-0.05, 0) is 11.6 Å². The number of rotatable bonds is 5. The topological polar surface area (TPSA) is 114 Å². The van der Waals surface area contributed by atoms with Crippen molar-refractivity contribution in [2.45, 2.75) is 24.5 Å². The summed E-state index contributed by atoms with van der Waals surface area (Å²) in [6, 6.07) is 9.39. The molecule has 3 N–H and O–H groups in total. The van der Waals surface area contributed by atoms with Crippen LogP contribution in [0.3, 0.4) is 0 Å². The van der Waals surface area contributed by atoms with Crippen LogP contribution in [-0.4, -0.2) is 51.8 Å². The maximum absolute atomic E-state index is 12.2. The first-order valence-electron chi connectivity index (χ1n) is 8.11. The Hall–Kier alpha value is -2.52. The van der Waals surface area contributed by atoms with Gasteiger partial charge in [0.2, 0.25) is 0 Å². The van der Waals surface area contributed by atoms with Gasteiger partial charge in [0.05, 0.1) is 12.2 Å². The fourth-order valence-corrected chi connectivity index (χ4v) is 2.91. The smallest absolute Gasteiger partial charge is 0.330 e. The van der Waals surface area contributed by atoms with Gasteiger partial charge in [0.15, 0.2) is 6.23 Å². The minimum atomic E-state index is -1.10. The van der Waals surface area contributed by atoms with Crippen LogP contribution in [0.2, 0.25) is 0 Å². The van der Waals surface area contributed by atoms with Crippen molar-refractivity contribution in [3.63, 3.8) is 0 Å². The van der Waals surface area contributed by atoms with E-state index in [0.717, 1.165) is 10.1 Å². The number of hydrogen-bond acceptors (Lipinski definition) is 6. The Kier molecular flexibility index (Phi) is 5.48. The monoisotopic (exact) mass is 360 g/mol. The SMILES string of the molecule is CO[C@@H]1[C@H](O)[C@@H](CO)O[C@H]1n1cc(/C=C/c2ccccc2)c(=O)[nH]c1=O. The number of benzene rings is 1. The molecular weight excluding hydrogens is 340 g/mol. The molecule has 1 aromatic carbocycles. The number of aromatic nitrogens is 2. The Morgan fingerprint density at radius 3 is 2.65 bits per heavy atom. The second-order valence-electron chi connectivity index (χ2n) is 5.93. The first-order valence-corrected chi connectivity index (χ1v) is 8.11. The molecule has 1 aliphatic rings. The third-order valence-corrected chi connectivity index (χ3v) is 4.29. The molecule has 0 spiro atoms. The van der Waals surface area contributed by atoms with Gasteiger partial charge in [-0.3, -0.25) is 14.3 Å². The summed E-state index contributed by atoms with van der Waals surface area (Å²) in [4.78, 5) is 26.5. The average Bonchev–Trinajstić information content (AvgIpc) is 2.97. The van der Waals surface area contributed by atoms with Crippen molar-refractivity contribution in [3.8, 4) is 0 Å². The Labute approximate surface area is 149 Å². The van der Waals surface area contributed by atoms with Gasteiger partial charge in [0.1, 0.15) is 18.3 Å². The molecule has 2 aromatic rings. The molecule has 0 bridgehead atoms. The number of aliphatic hydroxyl groups excluding tert-OH is 2. The minimum absolute atomic E-state index is 0.244. The molecule has 1 aliphatic heterocycles. The summed E-state index contributed by atoms with van der Waals surface area (Å²) in [6.45, 7) is -0.420. The Morgan fingerprint density at radius 2 is 2.00 bits per heavy atom. The van der Waals surface area contributed by atoms with Crippen LogP contribution < -0.4 is 11.2 Å². The number of ether oxygens (including phenoxy) is 2. The fourth-order valence-electron chi connectivity index (χ4n) is 2.91. The van der Waals surface area contributed by atoms with E-state index >= 15 is 0 Å². The summed E-state index contributed by atoms with van der Waals surface area (Å²) in [5, 5.41) is 19.4. The highest BCUT2D eigenvalue weighted by Crippen LogP contribution is 2.30. The second-order valence-corrected chi connectivity index (χ2v) is 5.93. The molecule has 3 rings (SSSR count). The van der Waals surface area contributed by atoms with Crippen LogP contribution in [0, 0.1) is 0 Å². The Bertz CT molecular complexity index is 889. The zero-order chi connectivity index (χ0) is 18.7. The van der Waals surface area contributed by atoms with E-state index in [1.807, 2.05) is 30.3 Å². The highest BCUT2D eigenvalue weighted by atomic mass is 16.6. The maximum Gasteiger partial charge on any atom is 0.330 e. The largest absolute Gasteiger partial charge is 0.394 e. The number of nitrogens with zero attached hydrogens (tertiary/aromatic N) is 1. The number of aliphatic hydroxyl groups is 2. The van der Waals surface area contributed by atoms with Crippen LogP contribution in [0.4, 0.5) is 0 Å². The molecule has 0 unspecified atom stereocenters. The highest BCUT2D eigenvalue weighted by molar-refractivity contribution is 5.68. The minimum Gasteiger partial charge on any atom is -0.394 e. The molecule has 138 valence electrons. The predicted molar refractivity (Wildman–Crippen MR) is 94.5 cm³/mol. The van der Waals surface area contributed by atoms with Gasteiger partial charge in [-0.1, -0.05) is 36.4 Å². The van der Waals surface area contributed by atoms with Gasteiger partial charge in [0, 0.05) is 13.3 Å². The second kappa shape index (κ2) is 7.79. The van der Waals surface area contributed by atoms with E-state index in [1.165, 1.54) is 13.3 Å². The number of H-pyrrole nitrogens is 1. The van der Waals surface area contributed by atoms with E-state index in [0.29, 0.717) is 0 Å². The quantitative estimate of drug-likeness (QED) is 0.690. The number of nitrogens with one attached hydrogen (secondary N) is 1. The number of hydrogen-bond donors (Lipinski definition) is 3. The van der Waals surface area contributed by atoms with E-state index in [2.05, 4.69) is 4.98 Å². The number of aromatic amines is 1. The zero-order valence-electron chi connectivity index (χ0n) is 14.1. The lowest BCUT2D eigenvalue weighted by atomic mass is 10.1. The summed E-state index contributed by atoms with van der Waals surface area (Å²) >= 11 is 0. The molecule has 1 fully saturated rings. The van der Waals surface area contributed by atoms with Crippen molar-refractivity contribution in [3.05, 3.63) is 68.5 Å². The van der Waals surface area contributed by atoms with Crippen LogP contribution in [0.15, 0.2) is 46.1 Å². The molecule has 1 saturated heterocycles. The van der Waals surface area contributed by atoms with Crippen molar-refractivity contribution in [2.24, 2.45) is 0 Å². The van der Waals surface area contributed by atoms with Crippen LogP contribution in [0.25, 0.3) is 12.2 Å². The Morgan fingerprint density at radius 1 is 1.27 bits per heavy atom. The molecular formula is C18H20N2O6. The van der Waals surface area contributed by atoms with Gasteiger partial charge in [-0.25, -0.2) is 4.79 Å². The summed E-state index contributed by atoms with van der Waals surface area (Å²) < 4.78 is 11.9. The van der Waals surface area contributed by atoms with E-state index in [1.54, 1.807) is 12.2 Å². The highest BCUT2D eigenvalue weighted by Gasteiger charge is 2.45. The first-order chi connectivity index (χ1) is 12.5. The third kappa shape index (κ3) is 3.54. The molecule has 0 saturated carbocycles. The molecule has 2 heterocycles. The van der Waals surface area contributed by atoms with Gasteiger partial charge in [-0.15, -0.1) is 0 Å². The first kappa shape index (κ1) is 18.3. The fraction of sp³-hybridized carbons (Fsp3) is 0.333. The molecule has 26 heavy (non-hydrogen) atoms. The summed E-state index contributed by atoms with van der Waals surface area (Å²) in [7, 11) is 1.37. The molecule has 0 amide bonds. The van der Waals surface area contributed by atoms with Crippen molar-refractivity contribution in [2.75, 3.05) is 13.7 Å². The molecule has 8 nitrogen and oxygen atoms in total. The zero-order valence-corrected chi connectivity index (χ0v) is 14.1. The van der Waals surface area contributed by atoms with Crippen molar-refractivity contribution in [1.82, 2.24) is 9.55 Å². The van der Waals surface area contributed by atoms with Gasteiger partial charge in [0.25, 0.3) is 5.56 Å². The van der Waals surface area contributed by atoms with Crippen molar-refractivity contribution >= 4 is 12.2 Å². The van der Waals surface area contributed by atoms with Crippen LogP contribution >= 0.6 is 0 Å². The van der Waals surface area contributed by atoms with Crippen LogP contribution in [0.1, 0.15) is 17.4 Å². The molecule has 8 heteroatoms. The van der Waals surface area contributed by atoms with E-state index in [-0.39, 0.29) is 5.56 Å². The number of methoxy groups -OCH3 is 1. The van der Waals surface area contributed by atoms with E-state index in [4.69, 9.17) is 9.47 Å².